The molecule has 1 unspecified atom stereocenters. The first-order chi connectivity index (χ1) is 8.13. The Morgan fingerprint density at radius 1 is 1.18 bits per heavy atom. The Kier molecular flexibility index (Phi) is 3.65. The predicted octanol–water partition coefficient (Wildman–Crippen LogP) is -1.54. The van der Waals surface area contributed by atoms with Crippen LogP contribution in [0.1, 0.15) is 0 Å². The lowest BCUT2D eigenvalue weighted by atomic mass is 9.99. The smallest absolute Gasteiger partial charge is 0.286 e. The first-order valence-corrected chi connectivity index (χ1v) is 5.14. The molecule has 0 spiro atoms. The zero-order chi connectivity index (χ0) is 12.4. The fourth-order valence-corrected chi connectivity index (χ4v) is 1.61. The van der Waals surface area contributed by atoms with E-state index in [0.29, 0.717) is 0 Å². The molecule has 1 aliphatic heterocycles. The molecule has 0 saturated carbocycles. The van der Waals surface area contributed by atoms with E-state index in [4.69, 9.17) is 19.0 Å². The SMILES string of the molecule is OC[C@H]1OC(Oc2ccco2)[C@H](O)[C@@H](O)[C@@H]1O. The predicted molar refractivity (Wildman–Crippen MR) is 53.1 cm³/mol. The molecule has 0 aromatic carbocycles. The van der Waals surface area contributed by atoms with E-state index in [0.717, 1.165) is 0 Å². The highest BCUT2D eigenvalue weighted by Crippen LogP contribution is 2.24. The van der Waals surface area contributed by atoms with Gasteiger partial charge < -0.3 is 34.3 Å². The van der Waals surface area contributed by atoms with Gasteiger partial charge in [-0.1, -0.05) is 0 Å². The van der Waals surface area contributed by atoms with Crippen LogP contribution in [-0.4, -0.2) is 57.7 Å². The lowest BCUT2D eigenvalue weighted by molar-refractivity contribution is -0.280. The molecule has 4 N–H and O–H groups in total. The molecule has 5 atom stereocenters. The van der Waals surface area contributed by atoms with Crippen LogP contribution in [-0.2, 0) is 4.74 Å². The number of ether oxygens (including phenoxy) is 2. The summed E-state index contributed by atoms with van der Waals surface area (Å²) in [7, 11) is 0. The number of aliphatic hydroxyl groups excluding tert-OH is 4. The molecule has 7 nitrogen and oxygen atoms in total. The summed E-state index contributed by atoms with van der Waals surface area (Å²) < 4.78 is 15.1. The molecular formula is C10H14O7. The third kappa shape index (κ3) is 2.43. The van der Waals surface area contributed by atoms with Crippen molar-refractivity contribution in [2.24, 2.45) is 0 Å². The van der Waals surface area contributed by atoms with Crippen LogP contribution >= 0.6 is 0 Å². The highest BCUT2D eigenvalue weighted by Gasteiger charge is 2.44. The van der Waals surface area contributed by atoms with Crippen LogP contribution in [0.3, 0.4) is 0 Å². The normalized spacial score (nSPS) is 38.0. The van der Waals surface area contributed by atoms with E-state index in [1.165, 1.54) is 12.3 Å². The fraction of sp³-hybridized carbons (Fsp3) is 0.600. The number of furan rings is 1. The number of hydrogen-bond donors (Lipinski definition) is 4. The van der Waals surface area contributed by atoms with Gasteiger partial charge in [0, 0.05) is 6.07 Å². The third-order valence-electron chi connectivity index (χ3n) is 2.58. The maximum Gasteiger partial charge on any atom is 0.286 e. The van der Waals surface area contributed by atoms with Crippen LogP contribution in [0, 0.1) is 0 Å². The molecule has 2 heterocycles. The van der Waals surface area contributed by atoms with E-state index in [2.05, 4.69) is 0 Å². The number of hydrogen-bond acceptors (Lipinski definition) is 7. The van der Waals surface area contributed by atoms with E-state index >= 15 is 0 Å². The molecule has 1 aromatic rings. The second-order valence-electron chi connectivity index (χ2n) is 3.75. The van der Waals surface area contributed by atoms with Gasteiger partial charge in [-0.05, 0) is 6.07 Å². The summed E-state index contributed by atoms with van der Waals surface area (Å²) in [5.74, 6) is 0.106. The average Bonchev–Trinajstić information content (AvgIpc) is 2.83. The molecule has 0 radical (unpaired) electrons. The monoisotopic (exact) mass is 246 g/mol. The Bertz CT molecular complexity index is 336. The minimum atomic E-state index is -1.46. The standard InChI is InChI=1S/C10H14O7/c11-4-5-7(12)8(13)9(14)10(16-5)17-6-2-1-3-15-6/h1-3,5,7-14H,4H2/t5-,7-,8+,9-,10?/m1/s1. The van der Waals surface area contributed by atoms with Crippen LogP contribution in [0.25, 0.3) is 0 Å². The number of aliphatic hydroxyl groups is 4. The van der Waals surface area contributed by atoms with Crippen LogP contribution in [0.2, 0.25) is 0 Å². The van der Waals surface area contributed by atoms with Crippen LogP contribution in [0.15, 0.2) is 22.8 Å². The van der Waals surface area contributed by atoms with Crippen molar-refractivity contribution < 1.29 is 34.3 Å². The number of rotatable bonds is 3. The summed E-state index contributed by atoms with van der Waals surface area (Å²) in [6.07, 6.45) is -5.12. The van der Waals surface area contributed by atoms with E-state index in [1.807, 2.05) is 0 Å². The van der Waals surface area contributed by atoms with Crippen molar-refractivity contribution in [3.05, 3.63) is 18.4 Å². The van der Waals surface area contributed by atoms with E-state index in [1.54, 1.807) is 6.07 Å². The van der Waals surface area contributed by atoms with Gasteiger partial charge in [0.15, 0.2) is 0 Å². The third-order valence-corrected chi connectivity index (χ3v) is 2.58. The second kappa shape index (κ2) is 5.03. The van der Waals surface area contributed by atoms with Gasteiger partial charge in [-0.15, -0.1) is 0 Å². The summed E-state index contributed by atoms with van der Waals surface area (Å²) in [5.41, 5.74) is 0. The van der Waals surface area contributed by atoms with Crippen molar-refractivity contribution in [1.29, 1.82) is 0 Å². The molecule has 1 aliphatic rings. The Hall–Kier alpha value is -1.12. The molecule has 17 heavy (non-hydrogen) atoms. The van der Waals surface area contributed by atoms with Crippen molar-refractivity contribution in [2.75, 3.05) is 6.61 Å². The molecule has 2 rings (SSSR count). The van der Waals surface area contributed by atoms with Crippen molar-refractivity contribution in [3.8, 4) is 5.95 Å². The van der Waals surface area contributed by atoms with Gasteiger partial charge in [0.25, 0.3) is 5.95 Å². The van der Waals surface area contributed by atoms with Gasteiger partial charge in [0.05, 0.1) is 12.9 Å². The first-order valence-electron chi connectivity index (χ1n) is 5.14. The molecule has 0 amide bonds. The quantitative estimate of drug-likeness (QED) is 0.511. The Morgan fingerprint density at radius 2 is 1.94 bits per heavy atom. The molecule has 96 valence electrons. The zero-order valence-electron chi connectivity index (χ0n) is 8.84. The topological polar surface area (TPSA) is 113 Å². The van der Waals surface area contributed by atoms with E-state index < -0.39 is 37.3 Å². The van der Waals surface area contributed by atoms with Gasteiger partial charge in [-0.25, -0.2) is 0 Å². The van der Waals surface area contributed by atoms with Gasteiger partial charge in [-0.3, -0.25) is 0 Å². The molecule has 1 saturated heterocycles. The van der Waals surface area contributed by atoms with Crippen LogP contribution < -0.4 is 4.74 Å². The lowest BCUT2D eigenvalue weighted by Gasteiger charge is -2.39. The molecule has 0 aliphatic carbocycles. The summed E-state index contributed by atoms with van der Waals surface area (Å²) in [4.78, 5) is 0. The Labute approximate surface area is 96.8 Å². The van der Waals surface area contributed by atoms with Crippen molar-refractivity contribution >= 4 is 0 Å². The van der Waals surface area contributed by atoms with Crippen molar-refractivity contribution in [3.63, 3.8) is 0 Å². The minimum Gasteiger partial charge on any atom is -0.434 e. The molecule has 0 bridgehead atoms. The van der Waals surface area contributed by atoms with Gasteiger partial charge in [0.2, 0.25) is 6.29 Å². The Balaban J connectivity index is 2.06. The summed E-state index contributed by atoms with van der Waals surface area (Å²) in [6, 6.07) is 3.08. The average molecular weight is 246 g/mol. The molecular weight excluding hydrogens is 232 g/mol. The highest BCUT2D eigenvalue weighted by molar-refractivity contribution is 5.05. The maximum absolute atomic E-state index is 9.64. The van der Waals surface area contributed by atoms with E-state index in [9.17, 15) is 15.3 Å². The minimum absolute atomic E-state index is 0.106. The summed E-state index contributed by atoms with van der Waals surface area (Å²) in [5, 5.41) is 37.6. The molecule has 7 heteroatoms. The molecule has 1 fully saturated rings. The van der Waals surface area contributed by atoms with Crippen molar-refractivity contribution in [1.82, 2.24) is 0 Å². The Morgan fingerprint density at radius 3 is 2.53 bits per heavy atom. The summed E-state index contributed by atoms with van der Waals surface area (Å²) >= 11 is 0. The van der Waals surface area contributed by atoms with Crippen LogP contribution in [0.5, 0.6) is 5.95 Å². The first kappa shape index (κ1) is 12.3. The second-order valence-corrected chi connectivity index (χ2v) is 3.75. The fourth-order valence-electron chi connectivity index (χ4n) is 1.61. The largest absolute Gasteiger partial charge is 0.434 e. The molecule has 1 aromatic heterocycles. The van der Waals surface area contributed by atoms with Crippen LogP contribution in [0.4, 0.5) is 0 Å². The summed E-state index contributed by atoms with van der Waals surface area (Å²) in [6.45, 7) is -0.497. The van der Waals surface area contributed by atoms with Crippen molar-refractivity contribution in [2.45, 2.75) is 30.7 Å². The van der Waals surface area contributed by atoms with E-state index in [-0.39, 0.29) is 5.95 Å². The van der Waals surface area contributed by atoms with Gasteiger partial charge in [0.1, 0.15) is 24.4 Å². The maximum atomic E-state index is 9.64. The zero-order valence-corrected chi connectivity index (χ0v) is 8.84. The lowest BCUT2D eigenvalue weighted by Crippen LogP contribution is -2.60. The van der Waals surface area contributed by atoms with Gasteiger partial charge >= 0.3 is 0 Å². The van der Waals surface area contributed by atoms with Gasteiger partial charge in [-0.2, -0.15) is 0 Å². The highest BCUT2D eigenvalue weighted by atomic mass is 16.7.